The molecule has 0 aliphatic carbocycles. The standard InChI is InChI=1S/C30H31F3N2O7S/c1-40-25-11-13-26(14-12-25)43(38,39)35(15-17-36)16-18-41-28-20-22(21-7-9-23(10-8-21)30(31,32)33)19-27(42-28)29(37)34-24-5-3-2-4-6-24/h2-14,19,22,28,36H,15-18,20H2,1H3,(H,34,37)/t22-,28+/m1/s1. The molecule has 4 rings (SSSR count). The van der Waals surface area contributed by atoms with Crippen molar-refractivity contribution >= 4 is 21.6 Å². The Morgan fingerprint density at radius 2 is 1.70 bits per heavy atom. The maximum absolute atomic E-state index is 13.2. The van der Waals surface area contributed by atoms with Gasteiger partial charge >= 0.3 is 6.18 Å². The molecular formula is C30H31F3N2O7S. The van der Waals surface area contributed by atoms with Crippen LogP contribution in [0.5, 0.6) is 5.75 Å². The van der Waals surface area contributed by atoms with Crippen molar-refractivity contribution in [1.29, 1.82) is 0 Å². The summed E-state index contributed by atoms with van der Waals surface area (Å²) in [5.74, 6) is -0.731. The molecule has 0 aromatic heterocycles. The molecule has 2 N–H and O–H groups in total. The van der Waals surface area contributed by atoms with E-state index in [1.54, 1.807) is 30.3 Å². The highest BCUT2D eigenvalue weighted by atomic mass is 32.2. The van der Waals surface area contributed by atoms with Gasteiger partial charge in [0.25, 0.3) is 5.91 Å². The first-order chi connectivity index (χ1) is 20.5. The second-order valence-corrected chi connectivity index (χ2v) is 11.5. The van der Waals surface area contributed by atoms with Crippen molar-refractivity contribution in [3.05, 3.63) is 102 Å². The molecule has 1 amide bonds. The van der Waals surface area contributed by atoms with Gasteiger partial charge in [-0.3, -0.25) is 4.79 Å². The highest BCUT2D eigenvalue weighted by Gasteiger charge is 2.33. The van der Waals surface area contributed by atoms with E-state index in [9.17, 15) is 31.5 Å². The van der Waals surface area contributed by atoms with Gasteiger partial charge in [0.05, 0.1) is 30.8 Å². The summed E-state index contributed by atoms with van der Waals surface area (Å²) in [5, 5.41) is 12.2. The predicted molar refractivity (Wildman–Crippen MR) is 152 cm³/mol. The Hall–Kier alpha value is -3.91. The summed E-state index contributed by atoms with van der Waals surface area (Å²) in [6.45, 7) is -0.928. The van der Waals surface area contributed by atoms with E-state index in [0.29, 0.717) is 17.0 Å². The lowest BCUT2D eigenvalue weighted by molar-refractivity contribution is -0.143. The number of methoxy groups -OCH3 is 1. The number of ether oxygens (including phenoxy) is 3. The summed E-state index contributed by atoms with van der Waals surface area (Å²) in [4.78, 5) is 13.0. The van der Waals surface area contributed by atoms with Crippen molar-refractivity contribution in [2.45, 2.75) is 29.7 Å². The molecule has 1 aliphatic rings. The molecule has 13 heteroatoms. The number of aliphatic hydroxyl groups excluding tert-OH is 1. The van der Waals surface area contributed by atoms with Crippen LogP contribution >= 0.6 is 0 Å². The molecule has 1 heterocycles. The van der Waals surface area contributed by atoms with Crippen molar-refractivity contribution in [3.8, 4) is 5.75 Å². The van der Waals surface area contributed by atoms with E-state index >= 15 is 0 Å². The summed E-state index contributed by atoms with van der Waals surface area (Å²) in [5.41, 5.74) is 0.220. The molecular weight excluding hydrogens is 589 g/mol. The zero-order valence-electron chi connectivity index (χ0n) is 23.2. The number of benzene rings is 3. The number of alkyl halides is 3. The van der Waals surface area contributed by atoms with E-state index in [1.165, 1.54) is 49.6 Å². The average molecular weight is 621 g/mol. The zero-order chi connectivity index (χ0) is 31.0. The van der Waals surface area contributed by atoms with Crippen LogP contribution in [0.2, 0.25) is 0 Å². The van der Waals surface area contributed by atoms with Crippen LogP contribution in [0.4, 0.5) is 18.9 Å². The second kappa shape index (κ2) is 14.0. The quantitative estimate of drug-likeness (QED) is 0.300. The van der Waals surface area contributed by atoms with Crippen LogP contribution in [-0.4, -0.2) is 63.4 Å². The second-order valence-electron chi connectivity index (χ2n) is 9.53. The third-order valence-corrected chi connectivity index (χ3v) is 8.58. The molecule has 1 aliphatic heterocycles. The van der Waals surface area contributed by atoms with Crippen molar-refractivity contribution in [2.75, 3.05) is 38.7 Å². The first-order valence-corrected chi connectivity index (χ1v) is 14.7. The lowest BCUT2D eigenvalue weighted by atomic mass is 9.92. The maximum Gasteiger partial charge on any atom is 0.416 e. The minimum Gasteiger partial charge on any atom is -0.497 e. The number of rotatable bonds is 12. The van der Waals surface area contributed by atoms with Gasteiger partial charge in [0.15, 0.2) is 5.76 Å². The number of anilines is 1. The number of para-hydroxylation sites is 1. The van der Waals surface area contributed by atoms with Gasteiger partial charge in [0, 0.05) is 31.1 Å². The van der Waals surface area contributed by atoms with Gasteiger partial charge in [0.2, 0.25) is 16.3 Å². The van der Waals surface area contributed by atoms with Crippen LogP contribution in [0.25, 0.3) is 0 Å². The van der Waals surface area contributed by atoms with Crippen LogP contribution in [0.1, 0.15) is 23.5 Å². The van der Waals surface area contributed by atoms with E-state index in [1.807, 2.05) is 0 Å². The summed E-state index contributed by atoms with van der Waals surface area (Å²) < 4.78 is 83.5. The van der Waals surface area contributed by atoms with Crippen molar-refractivity contribution in [2.24, 2.45) is 0 Å². The monoisotopic (exact) mass is 620 g/mol. The zero-order valence-corrected chi connectivity index (χ0v) is 24.0. The fourth-order valence-corrected chi connectivity index (χ4v) is 5.85. The number of hydrogen-bond acceptors (Lipinski definition) is 7. The van der Waals surface area contributed by atoms with Gasteiger partial charge in [-0.2, -0.15) is 17.5 Å². The van der Waals surface area contributed by atoms with Crippen LogP contribution < -0.4 is 10.1 Å². The molecule has 0 saturated heterocycles. The number of sulfonamides is 1. The Morgan fingerprint density at radius 1 is 1.02 bits per heavy atom. The number of amides is 1. The van der Waals surface area contributed by atoms with Crippen LogP contribution in [0, 0.1) is 0 Å². The fraction of sp³-hybridized carbons (Fsp3) is 0.300. The average Bonchev–Trinajstić information content (AvgIpc) is 3.00. The number of halogens is 3. The van der Waals surface area contributed by atoms with Gasteiger partial charge in [-0.15, -0.1) is 0 Å². The van der Waals surface area contributed by atoms with Gasteiger partial charge in [-0.1, -0.05) is 30.3 Å². The third-order valence-electron chi connectivity index (χ3n) is 6.67. The van der Waals surface area contributed by atoms with E-state index in [0.717, 1.165) is 16.4 Å². The highest BCUT2D eigenvalue weighted by Crippen LogP contribution is 2.35. The van der Waals surface area contributed by atoms with Crippen LogP contribution in [-0.2, 0) is 30.5 Å². The van der Waals surface area contributed by atoms with Crippen molar-refractivity contribution < 1.29 is 45.7 Å². The van der Waals surface area contributed by atoms with E-state index in [2.05, 4.69) is 5.32 Å². The Bertz CT molecular complexity index is 1500. The van der Waals surface area contributed by atoms with Crippen LogP contribution in [0.3, 0.4) is 0 Å². The van der Waals surface area contributed by atoms with Crippen molar-refractivity contribution in [1.82, 2.24) is 4.31 Å². The molecule has 3 aromatic carbocycles. The fourth-order valence-electron chi connectivity index (χ4n) is 4.43. The highest BCUT2D eigenvalue weighted by molar-refractivity contribution is 7.89. The molecule has 43 heavy (non-hydrogen) atoms. The number of nitrogens with one attached hydrogen (secondary N) is 1. The van der Waals surface area contributed by atoms with Gasteiger partial charge in [0.1, 0.15) is 5.75 Å². The third kappa shape index (κ3) is 8.35. The molecule has 230 valence electrons. The lowest BCUT2D eigenvalue weighted by Crippen LogP contribution is -2.37. The Balaban J connectivity index is 1.50. The Labute approximate surface area is 247 Å². The summed E-state index contributed by atoms with van der Waals surface area (Å²) in [6.07, 6.45) is -3.84. The molecule has 0 radical (unpaired) electrons. The normalized spacial score (nSPS) is 17.2. The summed E-state index contributed by atoms with van der Waals surface area (Å²) in [7, 11) is -2.53. The van der Waals surface area contributed by atoms with Gasteiger partial charge in [-0.05, 0) is 60.2 Å². The minimum atomic E-state index is -4.50. The molecule has 0 bridgehead atoms. The largest absolute Gasteiger partial charge is 0.497 e. The predicted octanol–water partition coefficient (Wildman–Crippen LogP) is 4.77. The lowest BCUT2D eigenvalue weighted by Gasteiger charge is -2.30. The number of hydrogen-bond donors (Lipinski definition) is 2. The molecule has 0 saturated carbocycles. The number of allylic oxidation sites excluding steroid dienone is 1. The molecule has 0 fully saturated rings. The van der Waals surface area contributed by atoms with Crippen LogP contribution in [0.15, 0.2) is 95.6 Å². The number of carbonyl (C=O) groups excluding carboxylic acids is 1. The van der Waals surface area contributed by atoms with Gasteiger partial charge in [-0.25, -0.2) is 8.42 Å². The molecule has 2 atom stereocenters. The first-order valence-electron chi connectivity index (χ1n) is 13.3. The summed E-state index contributed by atoms with van der Waals surface area (Å²) in [6, 6.07) is 19.0. The van der Waals surface area contributed by atoms with Gasteiger partial charge < -0.3 is 24.6 Å². The molecule has 0 spiro atoms. The number of aliphatic hydroxyl groups is 1. The Morgan fingerprint density at radius 3 is 2.30 bits per heavy atom. The Kier molecular flexibility index (Phi) is 10.5. The number of carbonyl (C=O) groups is 1. The van der Waals surface area contributed by atoms with E-state index in [-0.39, 0.29) is 36.8 Å². The topological polar surface area (TPSA) is 114 Å². The number of nitrogens with zero attached hydrogens (tertiary/aromatic N) is 1. The smallest absolute Gasteiger partial charge is 0.416 e. The first kappa shape index (κ1) is 32.0. The van der Waals surface area contributed by atoms with E-state index in [4.69, 9.17) is 14.2 Å². The summed E-state index contributed by atoms with van der Waals surface area (Å²) >= 11 is 0. The molecule has 9 nitrogen and oxygen atoms in total. The molecule has 3 aromatic rings. The van der Waals surface area contributed by atoms with Crippen molar-refractivity contribution in [3.63, 3.8) is 0 Å². The molecule has 0 unspecified atom stereocenters. The maximum atomic E-state index is 13.2. The SMILES string of the molecule is COc1ccc(S(=O)(=O)N(CCO)CCO[C@@H]2C[C@H](c3ccc(C(F)(F)F)cc3)C=C(C(=O)Nc3ccccc3)O2)cc1. The minimum absolute atomic E-state index is 0.000775. The van der Waals surface area contributed by atoms with E-state index < -0.39 is 46.5 Å².